The van der Waals surface area contributed by atoms with Crippen LogP contribution in [0.4, 0.5) is 4.79 Å². The number of rotatable bonds is 8. The molecule has 0 saturated carbocycles. The van der Waals surface area contributed by atoms with Crippen LogP contribution < -0.4 is 9.47 Å². The van der Waals surface area contributed by atoms with Crippen LogP contribution in [-0.4, -0.2) is 82.9 Å². The van der Waals surface area contributed by atoms with Crippen LogP contribution in [0, 0.1) is 0 Å². The van der Waals surface area contributed by atoms with E-state index in [1.165, 1.54) is 9.80 Å². The molecule has 3 aromatic carbocycles. The summed E-state index contributed by atoms with van der Waals surface area (Å²) in [5, 5.41) is 10.3. The number of ether oxygens (including phenoxy) is 2. The molecule has 5 rings (SSSR count). The summed E-state index contributed by atoms with van der Waals surface area (Å²) in [4.78, 5) is 48.2. The van der Waals surface area contributed by atoms with Gasteiger partial charge in [0.1, 0.15) is 36.5 Å². The summed E-state index contributed by atoms with van der Waals surface area (Å²) in [6.45, 7) is 3.35. The highest BCUT2D eigenvalue weighted by Gasteiger charge is 2.45. The molecule has 0 bridgehead atoms. The molecule has 3 aromatic rings. The van der Waals surface area contributed by atoms with Gasteiger partial charge >= 0.3 is 12.0 Å². The van der Waals surface area contributed by atoms with Crippen LogP contribution in [0.3, 0.4) is 0 Å². The first-order valence-corrected chi connectivity index (χ1v) is 14.8. The van der Waals surface area contributed by atoms with Gasteiger partial charge in [0.25, 0.3) is 0 Å². The van der Waals surface area contributed by atoms with Crippen LogP contribution in [0.5, 0.6) is 11.5 Å². The maximum absolute atomic E-state index is 14.6. The van der Waals surface area contributed by atoms with E-state index >= 15 is 0 Å². The lowest BCUT2D eigenvalue weighted by molar-refractivity contribution is -0.146. The molecule has 230 valence electrons. The fraction of sp³-hybridized carbons (Fsp3) is 0.312. The standard InChI is InChI=1S/C32H32Cl2N4O6/c1-19(2)44-26-16-24(43-3)12-13-25(26)31-35-29(20-4-8-22(33)9-5-20)30(21-6-10-23(34)11-7-21)38(31)32(42)37-15-14-36(18-28(40)41)27(39)17-37/h4-13,16,19,29-30H,14-15,17-18H2,1-3H3,(H,40,41)/t29-,30+/m1/s1. The number of halogens is 2. The summed E-state index contributed by atoms with van der Waals surface area (Å²) in [5.74, 6) is -0.156. The summed E-state index contributed by atoms with van der Waals surface area (Å²) >= 11 is 12.5. The van der Waals surface area contributed by atoms with E-state index in [0.717, 1.165) is 11.1 Å². The number of piperazine rings is 1. The molecule has 44 heavy (non-hydrogen) atoms. The number of benzene rings is 3. The van der Waals surface area contributed by atoms with Gasteiger partial charge in [-0.2, -0.15) is 0 Å². The zero-order valence-electron chi connectivity index (χ0n) is 24.4. The lowest BCUT2D eigenvalue weighted by atomic mass is 9.93. The van der Waals surface area contributed by atoms with Crippen molar-refractivity contribution >= 4 is 46.9 Å². The third-order valence-corrected chi connectivity index (χ3v) is 7.91. The number of carboxylic acid groups (broad SMARTS) is 1. The number of urea groups is 1. The number of hydrogen-bond acceptors (Lipinski definition) is 6. The summed E-state index contributed by atoms with van der Waals surface area (Å²) in [6.07, 6.45) is -0.189. The molecule has 3 amide bonds. The van der Waals surface area contributed by atoms with Crippen molar-refractivity contribution in [2.45, 2.75) is 32.0 Å². The lowest BCUT2D eigenvalue weighted by Gasteiger charge is -2.38. The maximum Gasteiger partial charge on any atom is 0.326 e. The first-order valence-electron chi connectivity index (χ1n) is 14.1. The van der Waals surface area contributed by atoms with Crippen molar-refractivity contribution < 1.29 is 29.0 Å². The third kappa shape index (κ3) is 6.61. The number of nitrogens with zero attached hydrogens (tertiary/aromatic N) is 4. The number of carbonyl (C=O) groups excluding carboxylic acids is 2. The normalized spacial score (nSPS) is 18.5. The van der Waals surface area contributed by atoms with Gasteiger partial charge in [0.05, 0.1) is 24.8 Å². The van der Waals surface area contributed by atoms with Crippen LogP contribution in [0.15, 0.2) is 71.7 Å². The van der Waals surface area contributed by atoms with Crippen molar-refractivity contribution in [3.63, 3.8) is 0 Å². The first kappa shape index (κ1) is 31.2. The molecule has 10 nitrogen and oxygen atoms in total. The van der Waals surface area contributed by atoms with E-state index in [1.54, 1.807) is 54.5 Å². The van der Waals surface area contributed by atoms with Crippen molar-refractivity contribution in [1.82, 2.24) is 14.7 Å². The predicted octanol–water partition coefficient (Wildman–Crippen LogP) is 5.68. The molecule has 2 heterocycles. The number of carbonyl (C=O) groups is 3. The minimum Gasteiger partial charge on any atom is -0.497 e. The van der Waals surface area contributed by atoms with Gasteiger partial charge in [0, 0.05) is 29.2 Å². The quantitative estimate of drug-likeness (QED) is 0.340. The summed E-state index contributed by atoms with van der Waals surface area (Å²) in [6, 6.07) is 18.2. The van der Waals surface area contributed by atoms with Gasteiger partial charge in [-0.25, -0.2) is 4.79 Å². The monoisotopic (exact) mass is 638 g/mol. The Morgan fingerprint density at radius 3 is 2.18 bits per heavy atom. The number of hydrogen-bond donors (Lipinski definition) is 1. The van der Waals surface area contributed by atoms with E-state index in [4.69, 9.17) is 37.7 Å². The molecule has 0 spiro atoms. The Balaban J connectivity index is 1.65. The van der Waals surface area contributed by atoms with Gasteiger partial charge in [-0.3, -0.25) is 19.5 Å². The van der Waals surface area contributed by atoms with Gasteiger partial charge in [0.2, 0.25) is 5.91 Å². The van der Waals surface area contributed by atoms with Gasteiger partial charge in [-0.15, -0.1) is 0 Å². The van der Waals surface area contributed by atoms with Crippen molar-refractivity contribution in [3.05, 3.63) is 93.5 Å². The summed E-state index contributed by atoms with van der Waals surface area (Å²) in [7, 11) is 1.56. The molecule has 1 saturated heterocycles. The van der Waals surface area contributed by atoms with E-state index in [9.17, 15) is 19.5 Å². The highest BCUT2D eigenvalue weighted by Crippen LogP contribution is 2.46. The largest absolute Gasteiger partial charge is 0.497 e. The molecule has 0 unspecified atom stereocenters. The molecule has 0 aromatic heterocycles. The van der Waals surface area contributed by atoms with E-state index in [1.807, 2.05) is 38.1 Å². The van der Waals surface area contributed by atoms with Gasteiger partial charge < -0.3 is 24.4 Å². The zero-order valence-corrected chi connectivity index (χ0v) is 26.0. The van der Waals surface area contributed by atoms with Crippen molar-refractivity contribution in [2.24, 2.45) is 4.99 Å². The van der Waals surface area contributed by atoms with E-state index in [2.05, 4.69) is 0 Å². The SMILES string of the molecule is COc1ccc(C2=N[C@H](c3ccc(Cl)cc3)[C@H](c3ccc(Cl)cc3)N2C(=O)N2CCN(CC(=O)O)C(=O)C2)c(OC(C)C)c1. The van der Waals surface area contributed by atoms with E-state index in [0.29, 0.717) is 32.9 Å². The highest BCUT2D eigenvalue weighted by atomic mass is 35.5. The number of amides is 3. The van der Waals surface area contributed by atoms with Crippen molar-refractivity contribution in [1.29, 1.82) is 0 Å². The molecule has 0 radical (unpaired) electrons. The Hall–Kier alpha value is -4.28. The summed E-state index contributed by atoms with van der Waals surface area (Å²) < 4.78 is 11.7. The summed E-state index contributed by atoms with van der Waals surface area (Å²) in [5.41, 5.74) is 2.17. The van der Waals surface area contributed by atoms with Gasteiger partial charge in [0.15, 0.2) is 0 Å². The molecule has 1 N–H and O–H groups in total. The number of carboxylic acids is 1. The first-order chi connectivity index (χ1) is 21.0. The minimum atomic E-state index is -1.11. The van der Waals surface area contributed by atoms with Crippen molar-refractivity contribution in [3.8, 4) is 11.5 Å². The molecular formula is C32H32Cl2N4O6. The van der Waals surface area contributed by atoms with E-state index < -0.39 is 36.5 Å². The van der Waals surface area contributed by atoms with Crippen LogP contribution in [-0.2, 0) is 9.59 Å². The van der Waals surface area contributed by atoms with Crippen molar-refractivity contribution in [2.75, 3.05) is 33.3 Å². The molecule has 2 atom stereocenters. The number of aliphatic carboxylic acids is 1. The predicted molar refractivity (Wildman–Crippen MR) is 167 cm³/mol. The van der Waals surface area contributed by atoms with Crippen LogP contribution in [0.1, 0.15) is 42.6 Å². The fourth-order valence-electron chi connectivity index (χ4n) is 5.37. The number of amidine groups is 1. The molecule has 1 fully saturated rings. The highest BCUT2D eigenvalue weighted by molar-refractivity contribution is 6.30. The molecular weight excluding hydrogens is 607 g/mol. The van der Waals surface area contributed by atoms with Crippen LogP contribution >= 0.6 is 23.2 Å². The minimum absolute atomic E-state index is 0.0909. The number of aliphatic imine (C=N–C) groups is 1. The molecule has 2 aliphatic heterocycles. The third-order valence-electron chi connectivity index (χ3n) is 7.40. The van der Waals surface area contributed by atoms with Crippen LogP contribution in [0.2, 0.25) is 10.0 Å². The Morgan fingerprint density at radius 1 is 0.977 bits per heavy atom. The topological polar surface area (TPSA) is 112 Å². The maximum atomic E-state index is 14.6. The fourth-order valence-corrected chi connectivity index (χ4v) is 5.63. The Bertz CT molecular complexity index is 1580. The van der Waals surface area contributed by atoms with Gasteiger partial charge in [-0.1, -0.05) is 47.5 Å². The number of methoxy groups -OCH3 is 1. The Labute approximate surface area is 265 Å². The second kappa shape index (κ2) is 13.2. The second-order valence-corrected chi connectivity index (χ2v) is 11.6. The zero-order chi connectivity index (χ0) is 31.5. The van der Waals surface area contributed by atoms with Crippen LogP contribution in [0.25, 0.3) is 0 Å². The molecule has 0 aliphatic carbocycles. The smallest absolute Gasteiger partial charge is 0.326 e. The molecule has 2 aliphatic rings. The molecule has 12 heteroatoms. The average Bonchev–Trinajstić information content (AvgIpc) is 3.38. The second-order valence-electron chi connectivity index (χ2n) is 10.8. The van der Waals surface area contributed by atoms with E-state index in [-0.39, 0.29) is 25.7 Å². The average molecular weight is 640 g/mol. The Kier molecular flexibility index (Phi) is 9.31. The Morgan fingerprint density at radius 2 is 1.61 bits per heavy atom. The van der Waals surface area contributed by atoms with Gasteiger partial charge in [-0.05, 0) is 61.4 Å². The lowest BCUT2D eigenvalue weighted by Crippen LogP contribution is -2.57.